The molecule has 0 saturated heterocycles. The van der Waals surface area contributed by atoms with Crippen molar-refractivity contribution in [3.8, 4) is 22.4 Å². The number of pyridine rings is 1. The summed E-state index contributed by atoms with van der Waals surface area (Å²) in [5, 5.41) is 4.19. The molecule has 0 amide bonds. The van der Waals surface area contributed by atoms with Crippen LogP contribution in [0.2, 0.25) is 0 Å². The highest BCUT2D eigenvalue weighted by Crippen LogP contribution is 2.26. The smallest absolute Gasteiger partial charge is 0.280 e. The molecule has 0 spiro atoms. The molecule has 6 rings (SSSR count). The van der Waals surface area contributed by atoms with Crippen LogP contribution in [0.25, 0.3) is 38.9 Å². The molecular weight excluding hydrogens is 436 g/mol. The fourth-order valence-corrected chi connectivity index (χ4v) is 4.30. The van der Waals surface area contributed by atoms with Crippen LogP contribution in [-0.2, 0) is 18.0 Å². The quantitative estimate of drug-likeness (QED) is 0.352. The van der Waals surface area contributed by atoms with Crippen LogP contribution < -0.4 is 5.56 Å². The van der Waals surface area contributed by atoms with Gasteiger partial charge in [0.15, 0.2) is 5.65 Å². The largest absolute Gasteiger partial charge is 0.370 e. The van der Waals surface area contributed by atoms with Gasteiger partial charge in [-0.2, -0.15) is 0 Å². The Kier molecular flexibility index (Phi) is 5.41. The van der Waals surface area contributed by atoms with Crippen LogP contribution in [0, 0.1) is 0 Å². The molecule has 170 valence electrons. The molecule has 1 N–H and O–H groups in total. The summed E-state index contributed by atoms with van der Waals surface area (Å²) in [6.45, 7) is 0.651. The van der Waals surface area contributed by atoms with E-state index in [2.05, 4.69) is 10.1 Å². The van der Waals surface area contributed by atoms with E-state index in [4.69, 9.17) is 9.72 Å². The average Bonchev–Trinajstić information content (AvgIpc) is 3.34. The summed E-state index contributed by atoms with van der Waals surface area (Å²) in [7, 11) is 0. The first-order chi connectivity index (χ1) is 17.3. The topological polar surface area (TPSA) is 72.3 Å². The van der Waals surface area contributed by atoms with Crippen molar-refractivity contribution in [3.63, 3.8) is 0 Å². The summed E-state index contributed by atoms with van der Waals surface area (Å²) >= 11 is 0. The third-order valence-corrected chi connectivity index (χ3v) is 6.02. The Morgan fingerprint density at radius 1 is 0.800 bits per heavy atom. The maximum absolute atomic E-state index is 13.8. The first-order valence-electron chi connectivity index (χ1n) is 11.4. The minimum Gasteiger partial charge on any atom is -0.370 e. The molecule has 0 aliphatic rings. The van der Waals surface area contributed by atoms with Gasteiger partial charge in [-0.05, 0) is 34.9 Å². The van der Waals surface area contributed by atoms with Crippen molar-refractivity contribution in [2.24, 2.45) is 0 Å². The summed E-state index contributed by atoms with van der Waals surface area (Å²) in [4.78, 5) is 23.0. The number of fused-ring (bicyclic) bond motifs is 2. The maximum atomic E-state index is 13.8. The van der Waals surface area contributed by atoms with Crippen LogP contribution >= 0.6 is 0 Å². The van der Waals surface area contributed by atoms with Crippen LogP contribution in [0.15, 0.2) is 108 Å². The highest BCUT2D eigenvalue weighted by molar-refractivity contribution is 5.84. The van der Waals surface area contributed by atoms with E-state index in [-0.39, 0.29) is 12.2 Å². The van der Waals surface area contributed by atoms with Crippen LogP contribution in [-0.4, -0.2) is 19.6 Å². The van der Waals surface area contributed by atoms with Crippen molar-refractivity contribution >= 4 is 16.6 Å². The van der Waals surface area contributed by atoms with E-state index in [0.717, 1.165) is 33.3 Å². The van der Waals surface area contributed by atoms with E-state index in [1.54, 1.807) is 6.20 Å². The zero-order valence-corrected chi connectivity index (χ0v) is 18.9. The van der Waals surface area contributed by atoms with E-state index >= 15 is 0 Å². The molecular formula is C29H22N4O2. The molecule has 0 aliphatic carbocycles. The molecule has 6 aromatic rings. The molecule has 6 heteroatoms. The lowest BCUT2D eigenvalue weighted by molar-refractivity contribution is 0.105. The van der Waals surface area contributed by atoms with Crippen molar-refractivity contribution in [1.82, 2.24) is 19.6 Å². The second-order valence-corrected chi connectivity index (χ2v) is 8.36. The number of aromatic amines is 1. The summed E-state index contributed by atoms with van der Waals surface area (Å²) < 4.78 is 7.52. The van der Waals surface area contributed by atoms with Crippen molar-refractivity contribution in [2.45, 2.75) is 13.2 Å². The lowest BCUT2D eigenvalue weighted by Crippen LogP contribution is -2.20. The minimum absolute atomic E-state index is 0.168. The number of hydrogen-bond donors (Lipinski definition) is 1. The van der Waals surface area contributed by atoms with Crippen LogP contribution in [0.4, 0.5) is 0 Å². The number of ether oxygens (including phenoxy) is 1. The van der Waals surface area contributed by atoms with Gasteiger partial charge in [-0.1, -0.05) is 72.8 Å². The number of nitrogens with one attached hydrogen (secondary N) is 1. The molecule has 3 aromatic heterocycles. The van der Waals surface area contributed by atoms with E-state index in [0.29, 0.717) is 23.5 Å². The van der Waals surface area contributed by atoms with E-state index in [1.165, 1.54) is 4.52 Å². The molecule has 6 nitrogen and oxygen atoms in total. The minimum atomic E-state index is -0.168. The first kappa shape index (κ1) is 21.0. The zero-order chi connectivity index (χ0) is 23.6. The highest BCUT2D eigenvalue weighted by atomic mass is 16.5. The van der Waals surface area contributed by atoms with Gasteiger partial charge in [0.2, 0.25) is 0 Å². The maximum Gasteiger partial charge on any atom is 0.280 e. The molecule has 35 heavy (non-hydrogen) atoms. The molecule has 3 aromatic carbocycles. The predicted octanol–water partition coefficient (Wildman–Crippen LogP) is 5.62. The fraction of sp³-hybridized carbons (Fsp3) is 0.0690. The number of H-pyrrole nitrogens is 1. The van der Waals surface area contributed by atoms with Gasteiger partial charge in [0.05, 0.1) is 35.7 Å². The number of aromatic nitrogens is 4. The third kappa shape index (κ3) is 4.11. The standard InChI is InChI=1S/C29H22N4O2/c34-29-28(23-13-14-24-22(16-23)12-7-15-30-24)26(19-35-18-20-8-3-1-4-9-20)31-27-17-25(32-33(27)29)21-10-5-2-6-11-21/h1-17,32H,18-19H2. The summed E-state index contributed by atoms with van der Waals surface area (Å²) in [5.41, 5.74) is 6.04. The van der Waals surface area contributed by atoms with Gasteiger partial charge >= 0.3 is 0 Å². The fourth-order valence-electron chi connectivity index (χ4n) is 4.30. The molecule has 0 radical (unpaired) electrons. The van der Waals surface area contributed by atoms with Crippen LogP contribution in [0.1, 0.15) is 11.3 Å². The Bertz CT molecular complexity index is 1690. The highest BCUT2D eigenvalue weighted by Gasteiger charge is 2.18. The first-order valence-corrected chi connectivity index (χ1v) is 11.4. The van der Waals surface area contributed by atoms with Gasteiger partial charge in [-0.25, -0.2) is 9.50 Å². The summed E-state index contributed by atoms with van der Waals surface area (Å²) in [6.07, 6.45) is 1.76. The van der Waals surface area contributed by atoms with Crippen molar-refractivity contribution < 1.29 is 4.74 Å². The Morgan fingerprint density at radius 2 is 1.60 bits per heavy atom. The van der Waals surface area contributed by atoms with Crippen molar-refractivity contribution in [1.29, 1.82) is 0 Å². The van der Waals surface area contributed by atoms with Crippen molar-refractivity contribution in [2.75, 3.05) is 0 Å². The Labute approximate surface area is 201 Å². The predicted molar refractivity (Wildman–Crippen MR) is 137 cm³/mol. The number of nitrogens with zero attached hydrogens (tertiary/aromatic N) is 3. The lowest BCUT2D eigenvalue weighted by atomic mass is 10.0. The molecule has 0 bridgehead atoms. The van der Waals surface area contributed by atoms with E-state index in [1.807, 2.05) is 97.1 Å². The van der Waals surface area contributed by atoms with Gasteiger partial charge in [-0.15, -0.1) is 0 Å². The van der Waals surface area contributed by atoms with Gasteiger partial charge in [0, 0.05) is 17.6 Å². The van der Waals surface area contributed by atoms with Crippen molar-refractivity contribution in [3.05, 3.63) is 125 Å². The monoisotopic (exact) mass is 458 g/mol. The summed E-state index contributed by atoms with van der Waals surface area (Å²) in [5.74, 6) is 0. The molecule has 3 heterocycles. The molecule has 0 saturated carbocycles. The van der Waals surface area contributed by atoms with E-state index < -0.39 is 0 Å². The summed E-state index contributed by atoms with van der Waals surface area (Å²) in [6, 6.07) is 31.5. The van der Waals surface area contributed by atoms with Crippen LogP contribution in [0.5, 0.6) is 0 Å². The van der Waals surface area contributed by atoms with Gasteiger partial charge < -0.3 is 4.74 Å². The molecule has 0 aliphatic heterocycles. The zero-order valence-electron chi connectivity index (χ0n) is 18.9. The average molecular weight is 459 g/mol. The van der Waals surface area contributed by atoms with E-state index in [9.17, 15) is 4.79 Å². The molecule has 0 atom stereocenters. The van der Waals surface area contributed by atoms with Gasteiger partial charge in [0.25, 0.3) is 5.56 Å². The number of hydrogen-bond acceptors (Lipinski definition) is 4. The SMILES string of the molecule is O=c1c(-c2ccc3ncccc3c2)c(COCc2ccccc2)nc2cc(-c3ccccc3)[nH]n12. The normalized spacial score (nSPS) is 11.3. The lowest BCUT2D eigenvalue weighted by Gasteiger charge is -2.11. The third-order valence-electron chi connectivity index (χ3n) is 6.02. The number of rotatable bonds is 6. The Morgan fingerprint density at radius 3 is 2.43 bits per heavy atom. The molecule has 0 fully saturated rings. The van der Waals surface area contributed by atoms with Gasteiger partial charge in [-0.3, -0.25) is 14.9 Å². The second-order valence-electron chi connectivity index (χ2n) is 8.36. The van der Waals surface area contributed by atoms with Crippen LogP contribution in [0.3, 0.4) is 0 Å². The molecule has 0 unspecified atom stereocenters. The number of benzene rings is 3. The second kappa shape index (κ2) is 9.00. The van der Waals surface area contributed by atoms with Gasteiger partial charge in [0.1, 0.15) is 0 Å². The Hall–Kier alpha value is -4.55. The Balaban J connectivity index is 1.47.